The van der Waals surface area contributed by atoms with E-state index in [0.717, 1.165) is 17.7 Å². The molecule has 0 fully saturated rings. The van der Waals surface area contributed by atoms with Gasteiger partial charge in [-0.25, -0.2) is 9.97 Å². The highest BCUT2D eigenvalue weighted by molar-refractivity contribution is 5.94. The first-order chi connectivity index (χ1) is 19.7. The lowest BCUT2D eigenvalue weighted by Crippen LogP contribution is -2.41. The molecule has 0 saturated heterocycles. The van der Waals surface area contributed by atoms with Crippen molar-refractivity contribution in [3.05, 3.63) is 99.4 Å². The Kier molecular flexibility index (Phi) is 9.07. The number of fused-ring (bicyclic) bond motifs is 1. The Bertz CT molecular complexity index is 1670. The van der Waals surface area contributed by atoms with Crippen LogP contribution in [-0.2, 0) is 25.7 Å². The van der Waals surface area contributed by atoms with Crippen LogP contribution >= 0.6 is 12.4 Å². The minimum Gasteiger partial charge on any atom is -0.444 e. The van der Waals surface area contributed by atoms with Crippen molar-refractivity contribution >= 4 is 24.3 Å². The van der Waals surface area contributed by atoms with Crippen LogP contribution in [0.1, 0.15) is 52.6 Å². The number of oxazole rings is 1. The minimum atomic E-state index is -4.43. The summed E-state index contributed by atoms with van der Waals surface area (Å²) in [6, 6.07) is 11.4. The fourth-order valence-electron chi connectivity index (χ4n) is 4.66. The predicted octanol–water partition coefficient (Wildman–Crippen LogP) is 5.73. The number of carbonyl (C=O) groups is 1. The number of rotatable bonds is 6. The van der Waals surface area contributed by atoms with Gasteiger partial charge in [-0.15, -0.1) is 18.3 Å². The van der Waals surface area contributed by atoms with Crippen LogP contribution in [-0.4, -0.2) is 31.9 Å². The summed E-state index contributed by atoms with van der Waals surface area (Å²) in [6.07, 6.45) is -1.13. The van der Waals surface area contributed by atoms with Crippen molar-refractivity contribution < 1.29 is 22.4 Å². The van der Waals surface area contributed by atoms with E-state index in [1.54, 1.807) is 49.2 Å². The Morgan fingerprint density at radius 2 is 1.86 bits per heavy atom. The third kappa shape index (κ3) is 6.34. The normalized spacial score (nSPS) is 13.3. The largest absolute Gasteiger partial charge is 0.444 e. The predicted molar refractivity (Wildman–Crippen MR) is 153 cm³/mol. The molecule has 5 rings (SSSR count). The highest BCUT2D eigenvalue weighted by atomic mass is 35.5. The summed E-state index contributed by atoms with van der Waals surface area (Å²) < 4.78 is 45.6. The highest BCUT2D eigenvalue weighted by Crippen LogP contribution is 2.30. The van der Waals surface area contributed by atoms with E-state index in [1.165, 1.54) is 23.1 Å². The number of amides is 1. The molecule has 0 radical (unpaired) electrons. The van der Waals surface area contributed by atoms with Crippen LogP contribution in [0.4, 0.5) is 19.1 Å². The van der Waals surface area contributed by atoms with Gasteiger partial charge < -0.3 is 14.6 Å². The first-order valence-electron chi connectivity index (χ1n) is 12.9. The van der Waals surface area contributed by atoms with Gasteiger partial charge in [-0.1, -0.05) is 30.2 Å². The lowest BCUT2D eigenvalue weighted by Gasteiger charge is -2.29. The van der Waals surface area contributed by atoms with Crippen molar-refractivity contribution in [1.29, 1.82) is 0 Å². The molecule has 0 bridgehead atoms. The maximum atomic E-state index is 13.6. The van der Waals surface area contributed by atoms with E-state index in [2.05, 4.69) is 22.1 Å². The fourth-order valence-corrected chi connectivity index (χ4v) is 4.66. The molecule has 0 spiro atoms. The standard InChI is InChI=1S/C30H26F3N5O3.ClH/c1-3-4-14-38-28(40)24-17-37(27(39)22-7-5-21(6-8-22)26-16-34-18-41-26)15-13-25(24)36-29(38)35-19(2)20-9-11-23(12-10-20)30(31,32)33;/h5-12,16,18-19H,13-15,17H2,1-2H3,(H,35,36);1H/t19-;/m0./s1. The molecule has 3 heterocycles. The Morgan fingerprint density at radius 3 is 2.48 bits per heavy atom. The number of nitrogens with zero attached hydrogens (tertiary/aromatic N) is 4. The van der Waals surface area contributed by atoms with Crippen LogP contribution in [0, 0.1) is 11.8 Å². The first kappa shape index (κ1) is 30.4. The van der Waals surface area contributed by atoms with Crippen molar-refractivity contribution in [1.82, 2.24) is 19.4 Å². The average molecular weight is 598 g/mol. The van der Waals surface area contributed by atoms with E-state index in [9.17, 15) is 22.8 Å². The molecule has 12 heteroatoms. The number of benzene rings is 2. The number of hydrogen-bond donors (Lipinski definition) is 1. The monoisotopic (exact) mass is 597 g/mol. The van der Waals surface area contributed by atoms with Crippen LogP contribution in [0.2, 0.25) is 0 Å². The van der Waals surface area contributed by atoms with Crippen LogP contribution in [0.5, 0.6) is 0 Å². The molecule has 1 N–H and O–H groups in total. The fraction of sp³-hybridized carbons (Fsp3) is 0.267. The number of nitrogens with one attached hydrogen (secondary N) is 1. The third-order valence-corrected chi connectivity index (χ3v) is 6.95. The zero-order valence-electron chi connectivity index (χ0n) is 22.7. The zero-order valence-corrected chi connectivity index (χ0v) is 23.6. The first-order valence-corrected chi connectivity index (χ1v) is 12.9. The Morgan fingerprint density at radius 1 is 1.14 bits per heavy atom. The van der Waals surface area contributed by atoms with E-state index < -0.39 is 17.8 Å². The Labute approximate surface area is 246 Å². The van der Waals surface area contributed by atoms with Gasteiger partial charge in [-0.2, -0.15) is 13.2 Å². The van der Waals surface area contributed by atoms with Crippen LogP contribution in [0.25, 0.3) is 11.3 Å². The molecule has 1 aliphatic heterocycles. The molecule has 0 aliphatic carbocycles. The van der Waals surface area contributed by atoms with E-state index in [0.29, 0.717) is 41.1 Å². The van der Waals surface area contributed by atoms with Gasteiger partial charge in [0, 0.05) is 24.1 Å². The maximum Gasteiger partial charge on any atom is 0.416 e. The molecule has 2 aromatic heterocycles. The second-order valence-electron chi connectivity index (χ2n) is 9.58. The van der Waals surface area contributed by atoms with Gasteiger partial charge in [0.1, 0.15) is 0 Å². The summed E-state index contributed by atoms with van der Waals surface area (Å²) in [7, 11) is 0. The van der Waals surface area contributed by atoms with Crippen molar-refractivity contribution in [3.8, 4) is 23.2 Å². The maximum absolute atomic E-state index is 13.6. The van der Waals surface area contributed by atoms with Gasteiger partial charge in [0.05, 0.1) is 42.1 Å². The van der Waals surface area contributed by atoms with Gasteiger partial charge in [-0.3, -0.25) is 14.2 Å². The number of alkyl halides is 3. The lowest BCUT2D eigenvalue weighted by atomic mass is 10.0. The van der Waals surface area contributed by atoms with Gasteiger partial charge >= 0.3 is 6.18 Å². The van der Waals surface area contributed by atoms with Crippen molar-refractivity contribution in [2.24, 2.45) is 0 Å². The van der Waals surface area contributed by atoms with Gasteiger partial charge in [-0.05, 0) is 43.7 Å². The van der Waals surface area contributed by atoms with Crippen LogP contribution < -0.4 is 10.9 Å². The molecule has 8 nitrogen and oxygen atoms in total. The van der Waals surface area contributed by atoms with Crippen molar-refractivity contribution in [3.63, 3.8) is 0 Å². The molecule has 218 valence electrons. The molecule has 4 aromatic rings. The summed E-state index contributed by atoms with van der Waals surface area (Å²) in [5.74, 6) is 6.31. The van der Waals surface area contributed by atoms with Gasteiger partial charge in [0.25, 0.3) is 11.5 Å². The molecule has 1 atom stereocenters. The minimum absolute atomic E-state index is 0. The number of carbonyl (C=O) groups excluding carboxylic acids is 1. The van der Waals surface area contributed by atoms with E-state index in [-0.39, 0.29) is 42.9 Å². The van der Waals surface area contributed by atoms with Crippen molar-refractivity contribution in [2.75, 3.05) is 11.9 Å². The molecule has 42 heavy (non-hydrogen) atoms. The lowest BCUT2D eigenvalue weighted by molar-refractivity contribution is -0.137. The molecular formula is C30H27ClF3N5O3. The molecule has 1 amide bonds. The molecule has 1 aliphatic rings. The summed E-state index contributed by atoms with van der Waals surface area (Å²) in [4.78, 5) is 37.1. The SMILES string of the molecule is CC#CCn1c(N[C@@H](C)c2ccc(C(F)(F)F)cc2)nc2c(c1=O)CN(C(=O)c1ccc(-c3cnco3)cc1)CC2.Cl. The van der Waals surface area contributed by atoms with Crippen LogP contribution in [0.3, 0.4) is 0 Å². The molecule has 2 aromatic carbocycles. The molecule has 0 saturated carbocycles. The van der Waals surface area contributed by atoms with Crippen molar-refractivity contribution in [2.45, 2.75) is 45.6 Å². The van der Waals surface area contributed by atoms with Gasteiger partial charge in [0.2, 0.25) is 5.95 Å². The number of hydrogen-bond acceptors (Lipinski definition) is 6. The van der Waals surface area contributed by atoms with E-state index >= 15 is 0 Å². The summed E-state index contributed by atoms with van der Waals surface area (Å²) in [5, 5.41) is 3.17. The number of aromatic nitrogens is 3. The second-order valence-corrected chi connectivity index (χ2v) is 9.58. The number of halogens is 4. The highest BCUT2D eigenvalue weighted by Gasteiger charge is 2.30. The van der Waals surface area contributed by atoms with Crippen LogP contribution in [0.15, 0.2) is 70.3 Å². The summed E-state index contributed by atoms with van der Waals surface area (Å²) in [6.45, 7) is 3.96. The third-order valence-electron chi connectivity index (χ3n) is 6.95. The average Bonchev–Trinajstić information content (AvgIpc) is 3.51. The Hall–Kier alpha value is -4.56. The zero-order chi connectivity index (χ0) is 29.1. The topological polar surface area (TPSA) is 93.3 Å². The van der Waals surface area contributed by atoms with Gasteiger partial charge in [0.15, 0.2) is 12.2 Å². The summed E-state index contributed by atoms with van der Waals surface area (Å²) >= 11 is 0. The smallest absolute Gasteiger partial charge is 0.416 e. The van der Waals surface area contributed by atoms with E-state index in [4.69, 9.17) is 9.40 Å². The quantitative estimate of drug-likeness (QED) is 0.285. The Balaban J connectivity index is 0.00000405. The molecular weight excluding hydrogens is 571 g/mol. The van der Waals surface area contributed by atoms with E-state index in [1.807, 2.05) is 0 Å². The summed E-state index contributed by atoms with van der Waals surface area (Å²) in [5.41, 5.74) is 1.79. The number of anilines is 1. The second kappa shape index (κ2) is 12.5. The molecule has 0 unspecified atom stereocenters.